The molecule has 1 amide bonds. The van der Waals surface area contributed by atoms with Gasteiger partial charge in [-0.25, -0.2) is 4.39 Å². The lowest BCUT2D eigenvalue weighted by atomic mass is 9.91. The summed E-state index contributed by atoms with van der Waals surface area (Å²) in [5.41, 5.74) is 0.761. The van der Waals surface area contributed by atoms with E-state index in [0.29, 0.717) is 11.7 Å². The summed E-state index contributed by atoms with van der Waals surface area (Å²) in [6, 6.07) is 10.3. The highest BCUT2D eigenvalue weighted by Crippen LogP contribution is 2.23. The number of rotatable bonds is 4. The van der Waals surface area contributed by atoms with Crippen LogP contribution in [0.5, 0.6) is 0 Å². The van der Waals surface area contributed by atoms with Gasteiger partial charge >= 0.3 is 0 Å². The fourth-order valence-electron chi connectivity index (χ4n) is 3.10. The topological polar surface area (TPSA) is 33.5 Å². The van der Waals surface area contributed by atoms with E-state index in [1.165, 1.54) is 12.3 Å². The molecule has 0 bridgehead atoms. The Morgan fingerprint density at radius 1 is 1.27 bits per heavy atom. The van der Waals surface area contributed by atoms with Gasteiger partial charge in [-0.3, -0.25) is 4.79 Å². The standard InChI is InChI=1S/C18H20FNO2/c19-16-7-2-1-6-15(16)10-9-14-5-3-11-20(13-14)18(21)17-8-4-12-22-17/h1-2,4,6-8,12,14H,3,5,9-11,13H2/t14-/m1/s1. The lowest BCUT2D eigenvalue weighted by molar-refractivity contribution is 0.0636. The number of benzene rings is 1. The van der Waals surface area contributed by atoms with Crippen LogP contribution in [-0.2, 0) is 6.42 Å². The summed E-state index contributed by atoms with van der Waals surface area (Å²) >= 11 is 0. The number of likely N-dealkylation sites (tertiary alicyclic amines) is 1. The normalized spacial score (nSPS) is 18.4. The van der Waals surface area contributed by atoms with Crippen molar-refractivity contribution in [2.75, 3.05) is 13.1 Å². The third kappa shape index (κ3) is 3.38. The molecule has 0 unspecified atom stereocenters. The number of nitrogens with zero attached hydrogens (tertiary/aromatic N) is 1. The molecule has 1 aromatic heterocycles. The van der Waals surface area contributed by atoms with E-state index in [-0.39, 0.29) is 11.7 Å². The molecule has 0 radical (unpaired) electrons. The number of halogens is 1. The van der Waals surface area contributed by atoms with Crippen LogP contribution in [0.25, 0.3) is 0 Å². The predicted molar refractivity (Wildman–Crippen MR) is 82.1 cm³/mol. The molecule has 1 aliphatic heterocycles. The highest BCUT2D eigenvalue weighted by molar-refractivity contribution is 5.91. The van der Waals surface area contributed by atoms with Gasteiger partial charge in [0.25, 0.3) is 5.91 Å². The monoisotopic (exact) mass is 301 g/mol. The molecule has 0 aliphatic carbocycles. The first-order valence-electron chi connectivity index (χ1n) is 7.80. The van der Waals surface area contributed by atoms with Crippen LogP contribution in [0.3, 0.4) is 0 Å². The Morgan fingerprint density at radius 2 is 2.14 bits per heavy atom. The molecule has 0 spiro atoms. The summed E-state index contributed by atoms with van der Waals surface area (Å²) < 4.78 is 18.8. The Kier molecular flexibility index (Phi) is 4.56. The smallest absolute Gasteiger partial charge is 0.289 e. The second-order valence-corrected chi connectivity index (χ2v) is 5.87. The van der Waals surface area contributed by atoms with E-state index in [0.717, 1.165) is 44.3 Å². The Bertz CT molecular complexity index is 624. The van der Waals surface area contributed by atoms with Gasteiger partial charge in [-0.1, -0.05) is 18.2 Å². The molecule has 1 saturated heterocycles. The maximum atomic E-state index is 13.7. The maximum Gasteiger partial charge on any atom is 0.289 e. The fourth-order valence-corrected chi connectivity index (χ4v) is 3.10. The summed E-state index contributed by atoms with van der Waals surface area (Å²) in [7, 11) is 0. The molecule has 1 aromatic carbocycles. The Labute approximate surface area is 129 Å². The van der Waals surface area contributed by atoms with Crippen molar-refractivity contribution in [2.24, 2.45) is 5.92 Å². The van der Waals surface area contributed by atoms with Crippen molar-refractivity contribution in [2.45, 2.75) is 25.7 Å². The van der Waals surface area contributed by atoms with Gasteiger partial charge in [0.2, 0.25) is 0 Å². The number of aryl methyl sites for hydroxylation is 1. The average Bonchev–Trinajstić information content (AvgIpc) is 3.08. The van der Waals surface area contributed by atoms with Gasteiger partial charge in [-0.2, -0.15) is 0 Å². The molecular formula is C18H20FNO2. The van der Waals surface area contributed by atoms with E-state index in [1.807, 2.05) is 17.0 Å². The number of hydrogen-bond acceptors (Lipinski definition) is 2. The molecule has 2 heterocycles. The van der Waals surface area contributed by atoms with E-state index >= 15 is 0 Å². The Balaban J connectivity index is 1.57. The highest BCUT2D eigenvalue weighted by Gasteiger charge is 2.25. The van der Waals surface area contributed by atoms with Gasteiger partial charge in [-0.15, -0.1) is 0 Å². The minimum atomic E-state index is -0.137. The summed E-state index contributed by atoms with van der Waals surface area (Å²) in [6.45, 7) is 1.50. The SMILES string of the molecule is O=C(c1ccco1)N1CCC[C@H](CCc2ccccc2F)C1. The summed E-state index contributed by atoms with van der Waals surface area (Å²) in [5, 5.41) is 0. The number of piperidine rings is 1. The fraction of sp³-hybridized carbons (Fsp3) is 0.389. The van der Waals surface area contributed by atoms with Crippen LogP contribution < -0.4 is 0 Å². The zero-order valence-electron chi connectivity index (χ0n) is 12.5. The highest BCUT2D eigenvalue weighted by atomic mass is 19.1. The first-order valence-corrected chi connectivity index (χ1v) is 7.80. The molecule has 3 rings (SSSR count). The molecule has 116 valence electrons. The van der Waals surface area contributed by atoms with Gasteiger partial charge < -0.3 is 9.32 Å². The van der Waals surface area contributed by atoms with Gasteiger partial charge in [0.15, 0.2) is 5.76 Å². The lowest BCUT2D eigenvalue weighted by Gasteiger charge is -2.32. The van der Waals surface area contributed by atoms with Gasteiger partial charge in [0.1, 0.15) is 5.82 Å². The molecular weight excluding hydrogens is 281 g/mol. The van der Waals surface area contributed by atoms with Crippen molar-refractivity contribution in [1.82, 2.24) is 4.90 Å². The van der Waals surface area contributed by atoms with Crippen molar-refractivity contribution in [3.8, 4) is 0 Å². The van der Waals surface area contributed by atoms with Crippen molar-refractivity contribution >= 4 is 5.91 Å². The molecule has 3 nitrogen and oxygen atoms in total. The second kappa shape index (κ2) is 6.77. The second-order valence-electron chi connectivity index (χ2n) is 5.87. The average molecular weight is 301 g/mol. The molecule has 4 heteroatoms. The molecule has 2 aromatic rings. The quantitative estimate of drug-likeness (QED) is 0.858. The van der Waals surface area contributed by atoms with Crippen LogP contribution in [0.4, 0.5) is 4.39 Å². The van der Waals surface area contributed by atoms with Crippen LogP contribution in [0.2, 0.25) is 0 Å². The van der Waals surface area contributed by atoms with E-state index < -0.39 is 0 Å². The first kappa shape index (κ1) is 14.8. The number of carbonyl (C=O) groups is 1. The van der Waals surface area contributed by atoms with E-state index in [1.54, 1.807) is 18.2 Å². The Hall–Kier alpha value is -2.10. The minimum absolute atomic E-state index is 0.0411. The molecule has 1 aliphatic rings. The molecule has 0 saturated carbocycles. The summed E-state index contributed by atoms with van der Waals surface area (Å²) in [5.74, 6) is 0.643. The van der Waals surface area contributed by atoms with E-state index in [2.05, 4.69) is 0 Å². The summed E-state index contributed by atoms with van der Waals surface area (Å²) in [4.78, 5) is 14.2. The largest absolute Gasteiger partial charge is 0.459 e. The minimum Gasteiger partial charge on any atom is -0.459 e. The van der Waals surface area contributed by atoms with Crippen molar-refractivity contribution in [3.63, 3.8) is 0 Å². The third-order valence-electron chi connectivity index (χ3n) is 4.32. The van der Waals surface area contributed by atoms with Crippen molar-refractivity contribution in [3.05, 3.63) is 59.8 Å². The molecule has 1 fully saturated rings. The van der Waals surface area contributed by atoms with Crippen molar-refractivity contribution in [1.29, 1.82) is 0 Å². The van der Waals surface area contributed by atoms with Crippen LogP contribution in [0.1, 0.15) is 35.4 Å². The van der Waals surface area contributed by atoms with E-state index in [4.69, 9.17) is 4.42 Å². The molecule has 1 atom stereocenters. The number of carbonyl (C=O) groups excluding carboxylic acids is 1. The summed E-state index contributed by atoms with van der Waals surface area (Å²) in [6.07, 6.45) is 5.24. The zero-order chi connectivity index (χ0) is 15.4. The van der Waals surface area contributed by atoms with Crippen LogP contribution in [0, 0.1) is 11.7 Å². The first-order chi connectivity index (χ1) is 10.7. The van der Waals surface area contributed by atoms with Crippen LogP contribution in [-0.4, -0.2) is 23.9 Å². The van der Waals surface area contributed by atoms with Crippen LogP contribution >= 0.6 is 0 Å². The predicted octanol–water partition coefficient (Wildman–Crippen LogP) is 3.90. The number of amides is 1. The maximum absolute atomic E-state index is 13.7. The van der Waals surface area contributed by atoms with Gasteiger partial charge in [-0.05, 0) is 55.4 Å². The zero-order valence-corrected chi connectivity index (χ0v) is 12.5. The Morgan fingerprint density at radius 3 is 2.91 bits per heavy atom. The molecule has 22 heavy (non-hydrogen) atoms. The lowest BCUT2D eigenvalue weighted by Crippen LogP contribution is -2.39. The van der Waals surface area contributed by atoms with Gasteiger partial charge in [0, 0.05) is 13.1 Å². The van der Waals surface area contributed by atoms with E-state index in [9.17, 15) is 9.18 Å². The van der Waals surface area contributed by atoms with Crippen molar-refractivity contribution < 1.29 is 13.6 Å². The molecule has 0 N–H and O–H groups in total. The van der Waals surface area contributed by atoms with Gasteiger partial charge in [0.05, 0.1) is 6.26 Å². The van der Waals surface area contributed by atoms with Crippen LogP contribution in [0.15, 0.2) is 47.1 Å². The number of furan rings is 1. The third-order valence-corrected chi connectivity index (χ3v) is 4.32. The number of hydrogen-bond donors (Lipinski definition) is 0.